The van der Waals surface area contributed by atoms with Gasteiger partial charge in [-0.1, -0.05) is 0 Å². The second-order valence-electron chi connectivity index (χ2n) is 3.90. The standard InChI is InChI=1S/C12H14N6O/c1-3-19-12-16-11(8(2)14)18(17-12)10-5-4-9(6-13)7-15-10/h4-5,7-8H,3,14H2,1-2H3. The molecule has 0 radical (unpaired) electrons. The van der Waals surface area contributed by atoms with E-state index in [1.165, 1.54) is 10.9 Å². The van der Waals surface area contributed by atoms with Crippen LogP contribution in [-0.4, -0.2) is 26.4 Å². The van der Waals surface area contributed by atoms with Crippen LogP contribution in [0.15, 0.2) is 18.3 Å². The third-order valence-corrected chi connectivity index (χ3v) is 2.39. The van der Waals surface area contributed by atoms with Crippen molar-refractivity contribution in [1.82, 2.24) is 19.7 Å². The summed E-state index contributed by atoms with van der Waals surface area (Å²) in [5.41, 5.74) is 6.34. The SMILES string of the molecule is CCOc1nc(C(C)N)n(-c2ccc(C#N)cn2)n1. The first-order chi connectivity index (χ1) is 9.15. The minimum absolute atomic E-state index is 0.265. The van der Waals surface area contributed by atoms with Crippen molar-refractivity contribution < 1.29 is 4.74 Å². The fraction of sp³-hybridized carbons (Fsp3) is 0.333. The first-order valence-corrected chi connectivity index (χ1v) is 5.87. The summed E-state index contributed by atoms with van der Waals surface area (Å²) in [6.45, 7) is 4.13. The van der Waals surface area contributed by atoms with Gasteiger partial charge in [0.2, 0.25) is 0 Å². The molecule has 0 aliphatic heterocycles. The maximum Gasteiger partial charge on any atom is 0.336 e. The molecule has 2 N–H and O–H groups in total. The van der Waals surface area contributed by atoms with Crippen LogP contribution in [0.1, 0.15) is 31.3 Å². The van der Waals surface area contributed by atoms with Crippen molar-refractivity contribution in [2.75, 3.05) is 6.61 Å². The highest BCUT2D eigenvalue weighted by Gasteiger charge is 2.16. The predicted octanol–water partition coefficient (Wildman–Crippen LogP) is 0.952. The van der Waals surface area contributed by atoms with Gasteiger partial charge in [0.25, 0.3) is 0 Å². The van der Waals surface area contributed by atoms with E-state index in [9.17, 15) is 0 Å². The molecule has 0 aromatic carbocycles. The Morgan fingerprint density at radius 2 is 2.32 bits per heavy atom. The molecule has 7 heteroatoms. The molecule has 0 fully saturated rings. The van der Waals surface area contributed by atoms with Crippen LogP contribution in [-0.2, 0) is 0 Å². The quantitative estimate of drug-likeness (QED) is 0.875. The molecule has 2 heterocycles. The Labute approximate surface area is 110 Å². The Hall–Kier alpha value is -2.46. The van der Waals surface area contributed by atoms with Gasteiger partial charge in [0, 0.05) is 6.20 Å². The average molecular weight is 258 g/mol. The number of nitriles is 1. The van der Waals surface area contributed by atoms with Crippen LogP contribution in [0.5, 0.6) is 6.01 Å². The highest BCUT2D eigenvalue weighted by Crippen LogP contribution is 2.16. The zero-order valence-corrected chi connectivity index (χ0v) is 10.7. The zero-order chi connectivity index (χ0) is 13.8. The van der Waals surface area contributed by atoms with Crippen molar-refractivity contribution in [3.63, 3.8) is 0 Å². The maximum atomic E-state index is 8.75. The first-order valence-electron chi connectivity index (χ1n) is 5.87. The normalized spacial score (nSPS) is 11.9. The summed E-state index contributed by atoms with van der Waals surface area (Å²) in [4.78, 5) is 8.38. The molecular formula is C12H14N6O. The summed E-state index contributed by atoms with van der Waals surface area (Å²) in [6.07, 6.45) is 1.47. The van der Waals surface area contributed by atoms with Crippen molar-refractivity contribution in [3.05, 3.63) is 29.7 Å². The third kappa shape index (κ3) is 2.69. The van der Waals surface area contributed by atoms with E-state index in [-0.39, 0.29) is 12.1 Å². The van der Waals surface area contributed by atoms with Crippen LogP contribution >= 0.6 is 0 Å². The highest BCUT2D eigenvalue weighted by atomic mass is 16.5. The van der Waals surface area contributed by atoms with E-state index < -0.39 is 0 Å². The van der Waals surface area contributed by atoms with Gasteiger partial charge in [-0.2, -0.15) is 14.9 Å². The van der Waals surface area contributed by atoms with Crippen LogP contribution in [0.4, 0.5) is 0 Å². The monoisotopic (exact) mass is 258 g/mol. The topological polar surface area (TPSA) is 103 Å². The van der Waals surface area contributed by atoms with Gasteiger partial charge >= 0.3 is 6.01 Å². The molecule has 0 amide bonds. The van der Waals surface area contributed by atoms with Crippen molar-refractivity contribution in [3.8, 4) is 17.9 Å². The smallest absolute Gasteiger partial charge is 0.336 e. The van der Waals surface area contributed by atoms with Crippen molar-refractivity contribution in [2.45, 2.75) is 19.9 Å². The van der Waals surface area contributed by atoms with E-state index in [1.807, 2.05) is 13.0 Å². The van der Waals surface area contributed by atoms with Gasteiger partial charge in [0.05, 0.1) is 18.2 Å². The molecule has 0 aliphatic rings. The number of nitrogens with zero attached hydrogens (tertiary/aromatic N) is 5. The largest absolute Gasteiger partial charge is 0.463 e. The number of ether oxygens (including phenoxy) is 1. The van der Waals surface area contributed by atoms with Gasteiger partial charge < -0.3 is 10.5 Å². The van der Waals surface area contributed by atoms with Gasteiger partial charge in [0.1, 0.15) is 6.07 Å². The van der Waals surface area contributed by atoms with Gasteiger partial charge in [-0.05, 0) is 26.0 Å². The Balaban J connectivity index is 2.44. The molecule has 2 aromatic heterocycles. The molecule has 0 bridgehead atoms. The Bertz CT molecular complexity index is 596. The van der Waals surface area contributed by atoms with Crippen LogP contribution in [0.2, 0.25) is 0 Å². The van der Waals surface area contributed by atoms with Gasteiger partial charge in [-0.25, -0.2) is 4.98 Å². The summed E-state index contributed by atoms with van der Waals surface area (Å²) in [7, 11) is 0. The van der Waals surface area contributed by atoms with Crippen molar-refractivity contribution in [1.29, 1.82) is 5.26 Å². The summed E-state index contributed by atoms with van der Waals surface area (Å²) in [6, 6.07) is 5.32. The van der Waals surface area contributed by atoms with Gasteiger partial charge in [0.15, 0.2) is 11.6 Å². The second-order valence-corrected chi connectivity index (χ2v) is 3.90. The molecule has 0 spiro atoms. The number of hydrogen-bond acceptors (Lipinski definition) is 6. The van der Waals surface area contributed by atoms with Crippen LogP contribution in [0.3, 0.4) is 0 Å². The molecule has 2 aromatic rings. The minimum Gasteiger partial charge on any atom is -0.463 e. The third-order valence-electron chi connectivity index (χ3n) is 2.39. The van der Waals surface area contributed by atoms with E-state index in [2.05, 4.69) is 15.1 Å². The van der Waals surface area contributed by atoms with E-state index >= 15 is 0 Å². The first kappa shape index (κ1) is 13.0. The molecule has 1 atom stereocenters. The van der Waals surface area contributed by atoms with Crippen LogP contribution in [0.25, 0.3) is 5.82 Å². The Kier molecular flexibility index (Phi) is 3.73. The minimum atomic E-state index is -0.306. The lowest BCUT2D eigenvalue weighted by atomic mass is 10.3. The molecule has 2 rings (SSSR count). The summed E-state index contributed by atoms with van der Waals surface area (Å²) >= 11 is 0. The maximum absolute atomic E-state index is 8.75. The molecule has 0 saturated heterocycles. The lowest BCUT2D eigenvalue weighted by Crippen LogP contribution is -2.14. The molecule has 98 valence electrons. The molecule has 0 aliphatic carbocycles. The van der Waals surface area contributed by atoms with Crippen molar-refractivity contribution >= 4 is 0 Å². The number of hydrogen-bond donors (Lipinski definition) is 1. The molecule has 1 unspecified atom stereocenters. The number of pyridine rings is 1. The predicted molar refractivity (Wildman–Crippen MR) is 67.6 cm³/mol. The van der Waals surface area contributed by atoms with Gasteiger partial charge in [-0.15, -0.1) is 5.10 Å². The summed E-state index contributed by atoms with van der Waals surface area (Å²) in [5.74, 6) is 1.10. The zero-order valence-electron chi connectivity index (χ0n) is 10.7. The molecule has 19 heavy (non-hydrogen) atoms. The molecule has 0 saturated carbocycles. The summed E-state index contributed by atoms with van der Waals surface area (Å²) in [5, 5.41) is 13.0. The number of nitrogens with two attached hydrogens (primary N) is 1. The average Bonchev–Trinajstić information content (AvgIpc) is 2.83. The fourth-order valence-corrected chi connectivity index (χ4v) is 1.54. The lowest BCUT2D eigenvalue weighted by Gasteiger charge is -2.06. The van der Waals surface area contributed by atoms with E-state index in [4.69, 9.17) is 15.7 Å². The highest BCUT2D eigenvalue weighted by molar-refractivity contribution is 5.32. The van der Waals surface area contributed by atoms with Gasteiger partial charge in [-0.3, -0.25) is 0 Å². The summed E-state index contributed by atoms with van der Waals surface area (Å²) < 4.78 is 6.79. The van der Waals surface area contributed by atoms with E-state index in [0.717, 1.165) is 0 Å². The van der Waals surface area contributed by atoms with E-state index in [0.29, 0.717) is 23.8 Å². The Morgan fingerprint density at radius 3 is 2.84 bits per heavy atom. The van der Waals surface area contributed by atoms with Crippen molar-refractivity contribution in [2.24, 2.45) is 5.73 Å². The number of rotatable bonds is 4. The molecular weight excluding hydrogens is 244 g/mol. The fourth-order valence-electron chi connectivity index (χ4n) is 1.54. The molecule has 7 nitrogen and oxygen atoms in total. The Morgan fingerprint density at radius 1 is 1.53 bits per heavy atom. The number of aromatic nitrogens is 4. The van der Waals surface area contributed by atoms with Crippen LogP contribution < -0.4 is 10.5 Å². The second kappa shape index (κ2) is 5.46. The van der Waals surface area contributed by atoms with Crippen LogP contribution in [0, 0.1) is 11.3 Å². The lowest BCUT2D eigenvalue weighted by molar-refractivity contribution is 0.312. The van der Waals surface area contributed by atoms with E-state index in [1.54, 1.807) is 19.1 Å².